The lowest BCUT2D eigenvalue weighted by atomic mass is 9.54. The number of nitrogens with zero attached hydrogens (tertiary/aromatic N) is 7. The topological polar surface area (TPSA) is 170 Å². The number of amides is 2. The number of rotatable bonds is 9. The van der Waals surface area contributed by atoms with Gasteiger partial charge in [0.25, 0.3) is 5.91 Å². The lowest BCUT2D eigenvalue weighted by Crippen LogP contribution is -2.54. The quantitative estimate of drug-likeness (QED) is 0.268. The molecule has 1 aliphatic heterocycles. The van der Waals surface area contributed by atoms with E-state index in [9.17, 15) is 19.2 Å². The lowest BCUT2D eigenvalue weighted by Gasteiger charge is -2.54. The van der Waals surface area contributed by atoms with E-state index < -0.39 is 5.91 Å². The van der Waals surface area contributed by atoms with Crippen molar-refractivity contribution in [2.75, 3.05) is 45.3 Å². The molecule has 0 radical (unpaired) electrons. The third kappa shape index (κ3) is 5.70. The Morgan fingerprint density at radius 3 is 2.47 bits per heavy atom. The second kappa shape index (κ2) is 12.7. The Morgan fingerprint density at radius 1 is 1.06 bits per heavy atom. The molecule has 0 bridgehead atoms. The van der Waals surface area contributed by atoms with Crippen LogP contribution in [0.25, 0.3) is 16.9 Å². The van der Waals surface area contributed by atoms with Gasteiger partial charge in [-0.2, -0.15) is 0 Å². The number of hydrogen-bond acceptors (Lipinski definition) is 10. The maximum atomic E-state index is 14.3. The number of pyridine rings is 3. The van der Waals surface area contributed by atoms with Gasteiger partial charge in [0.05, 0.1) is 19.9 Å². The molecule has 3 aliphatic rings. The van der Waals surface area contributed by atoms with Crippen molar-refractivity contribution < 1.29 is 19.1 Å². The molecule has 2 amide bonds. The molecule has 2 N–H and O–H groups in total. The highest BCUT2D eigenvalue weighted by Crippen LogP contribution is 2.55. The highest BCUT2D eigenvalue weighted by molar-refractivity contribution is 5.96. The van der Waals surface area contributed by atoms with Crippen LogP contribution in [0.2, 0.25) is 0 Å². The summed E-state index contributed by atoms with van der Waals surface area (Å²) in [4.78, 5) is 66.3. The normalized spacial score (nSPS) is 17.1. The van der Waals surface area contributed by atoms with Gasteiger partial charge in [-0.3, -0.25) is 19.2 Å². The Morgan fingerprint density at radius 2 is 1.82 bits per heavy atom. The van der Waals surface area contributed by atoms with E-state index in [1.165, 1.54) is 44.5 Å². The lowest BCUT2D eigenvalue weighted by molar-refractivity contribution is -0.125. The van der Waals surface area contributed by atoms with Crippen LogP contribution in [0.3, 0.4) is 0 Å². The zero-order valence-electron chi connectivity index (χ0n) is 28.2. The van der Waals surface area contributed by atoms with Crippen molar-refractivity contribution in [2.45, 2.75) is 65.0 Å². The molecule has 0 atom stereocenters. The van der Waals surface area contributed by atoms with Crippen LogP contribution in [0.5, 0.6) is 11.8 Å². The number of carbonyl (C=O) groups is 2. The molecule has 5 heterocycles. The molecule has 49 heavy (non-hydrogen) atoms. The van der Waals surface area contributed by atoms with Gasteiger partial charge in [0, 0.05) is 61.9 Å². The molecule has 15 nitrogen and oxygen atoms in total. The van der Waals surface area contributed by atoms with Crippen molar-refractivity contribution in [1.82, 2.24) is 39.7 Å². The van der Waals surface area contributed by atoms with E-state index in [-0.39, 0.29) is 59.4 Å². The first kappa shape index (κ1) is 32.3. The molecular weight excluding hydrogens is 630 g/mol. The average molecular weight is 672 g/mol. The molecule has 4 aromatic rings. The van der Waals surface area contributed by atoms with E-state index in [1.54, 1.807) is 34.7 Å². The van der Waals surface area contributed by atoms with Crippen molar-refractivity contribution in [3.05, 3.63) is 61.8 Å². The number of methoxy groups -OCH3 is 2. The fraction of sp³-hybridized carbons (Fsp3) is 0.500. The molecule has 1 saturated heterocycles. The van der Waals surface area contributed by atoms with E-state index in [0.717, 1.165) is 12.8 Å². The molecule has 258 valence electrons. The Labute approximate surface area is 282 Å². The van der Waals surface area contributed by atoms with Crippen LogP contribution in [0.15, 0.2) is 34.1 Å². The Hall–Kier alpha value is -5.21. The van der Waals surface area contributed by atoms with Crippen molar-refractivity contribution >= 4 is 28.7 Å². The molecule has 0 aromatic carbocycles. The van der Waals surface area contributed by atoms with Crippen LogP contribution in [-0.2, 0) is 17.8 Å². The number of H-pyrrole nitrogens is 1. The number of anilines is 1. The van der Waals surface area contributed by atoms with Crippen LogP contribution in [-0.4, -0.2) is 92.7 Å². The summed E-state index contributed by atoms with van der Waals surface area (Å²) < 4.78 is 12.4. The van der Waals surface area contributed by atoms with Crippen LogP contribution in [0.4, 0.5) is 5.69 Å². The number of aromatic nitrogens is 6. The second-order valence-electron chi connectivity index (χ2n) is 13.3. The summed E-state index contributed by atoms with van der Waals surface area (Å²) in [5.74, 6) is -0.0943. The molecule has 7 rings (SSSR count). The summed E-state index contributed by atoms with van der Waals surface area (Å²) >= 11 is 0. The van der Waals surface area contributed by atoms with Gasteiger partial charge in [0.15, 0.2) is 11.2 Å². The first-order valence-corrected chi connectivity index (χ1v) is 16.8. The summed E-state index contributed by atoms with van der Waals surface area (Å²) in [5, 5.41) is 12.5. The largest absolute Gasteiger partial charge is 0.482 e. The van der Waals surface area contributed by atoms with Crippen molar-refractivity contribution in [2.24, 2.45) is 5.41 Å². The summed E-state index contributed by atoms with van der Waals surface area (Å²) in [7, 11) is 2.92. The number of fused-ring (bicyclic) bond motifs is 1. The number of aromatic amines is 1. The van der Waals surface area contributed by atoms with Crippen molar-refractivity contribution in [3.63, 3.8) is 0 Å². The van der Waals surface area contributed by atoms with E-state index in [2.05, 4.69) is 20.4 Å². The third-order valence-corrected chi connectivity index (χ3v) is 10.3. The second-order valence-corrected chi connectivity index (χ2v) is 13.3. The fourth-order valence-corrected chi connectivity index (χ4v) is 7.58. The van der Waals surface area contributed by atoms with Crippen LogP contribution in [0, 0.1) is 12.3 Å². The number of aryl methyl sites for hydroxylation is 1. The molecular formula is C34H41N9O6. The molecule has 2 saturated carbocycles. The molecule has 1 spiro atoms. The molecule has 0 unspecified atom stereocenters. The summed E-state index contributed by atoms with van der Waals surface area (Å²) in [6.45, 7) is 4.75. The number of nitrogens with one attached hydrogen (secondary N) is 2. The number of carbonyl (C=O) groups excluding carboxylic acids is 2. The smallest absolute Gasteiger partial charge is 0.263 e. The molecule has 3 fully saturated rings. The van der Waals surface area contributed by atoms with E-state index in [4.69, 9.17) is 14.6 Å². The van der Waals surface area contributed by atoms with Gasteiger partial charge in [0.1, 0.15) is 17.8 Å². The first-order chi connectivity index (χ1) is 23.6. The monoisotopic (exact) mass is 671 g/mol. The predicted octanol–water partition coefficient (Wildman–Crippen LogP) is 1.96. The van der Waals surface area contributed by atoms with Gasteiger partial charge >= 0.3 is 0 Å². The summed E-state index contributed by atoms with van der Waals surface area (Å²) in [6.07, 6.45) is 9.28. The van der Waals surface area contributed by atoms with Crippen LogP contribution >= 0.6 is 0 Å². The maximum absolute atomic E-state index is 14.3. The van der Waals surface area contributed by atoms with Gasteiger partial charge in [-0.1, -0.05) is 13.3 Å². The fourth-order valence-electron chi connectivity index (χ4n) is 7.58. The zero-order valence-corrected chi connectivity index (χ0v) is 28.2. The molecule has 2 aliphatic carbocycles. The van der Waals surface area contributed by atoms with Gasteiger partial charge in [0.2, 0.25) is 28.5 Å². The molecule has 4 aromatic heterocycles. The first-order valence-electron chi connectivity index (χ1n) is 16.8. The van der Waals surface area contributed by atoms with Crippen LogP contribution < -0.4 is 30.5 Å². The number of hydrogen-bond donors (Lipinski definition) is 2. The number of ether oxygens (including phenoxy) is 2. The Bertz CT molecular complexity index is 2050. The Kier molecular flexibility index (Phi) is 8.36. The highest BCUT2D eigenvalue weighted by Gasteiger charge is 2.48. The Balaban J connectivity index is 1.22. The maximum Gasteiger partial charge on any atom is 0.263 e. The van der Waals surface area contributed by atoms with Gasteiger partial charge in [-0.25, -0.2) is 4.98 Å². The number of piperazine rings is 1. The van der Waals surface area contributed by atoms with Crippen molar-refractivity contribution in [3.8, 4) is 17.4 Å². The minimum Gasteiger partial charge on any atom is -0.482 e. The van der Waals surface area contributed by atoms with E-state index >= 15 is 0 Å². The van der Waals surface area contributed by atoms with Crippen molar-refractivity contribution in [1.29, 1.82) is 0 Å². The van der Waals surface area contributed by atoms with Gasteiger partial charge in [-0.05, 0) is 50.5 Å². The van der Waals surface area contributed by atoms with E-state index in [0.29, 0.717) is 59.1 Å². The van der Waals surface area contributed by atoms with Crippen LogP contribution in [0.1, 0.15) is 60.6 Å². The van der Waals surface area contributed by atoms with E-state index in [1.807, 2.05) is 11.8 Å². The minimum absolute atomic E-state index is 0.0246. The summed E-state index contributed by atoms with van der Waals surface area (Å²) in [6, 6.07) is 3.53. The predicted molar refractivity (Wildman–Crippen MR) is 181 cm³/mol. The summed E-state index contributed by atoms with van der Waals surface area (Å²) in [5.41, 5.74) is 2.16. The third-order valence-electron chi connectivity index (χ3n) is 10.3. The van der Waals surface area contributed by atoms with Gasteiger partial charge in [-0.15, -0.1) is 15.0 Å². The standard InChI is InChI=1S/C34H41N9O6/c1-5-23-28(40-11-13-41(14-12-40)33(47)26-29(45)20(2)18-36-32(26)49-4)30(46)27-31(39-43(38-27)22-7-10-35-25(15-22)48-3)42(23)19-24(44)37-21-16-34(17-21)8-6-9-34/h7,10,15,18,21H,5-6,8-9,11-14,16-17,19H2,1-4H3,(H,36,45)(H,37,44). The zero-order chi connectivity index (χ0) is 34.4. The molecule has 15 heteroatoms. The average Bonchev–Trinajstić information content (AvgIpc) is 3.53. The van der Waals surface area contributed by atoms with Gasteiger partial charge < -0.3 is 34.1 Å². The highest BCUT2D eigenvalue weighted by atomic mass is 16.5. The minimum atomic E-state index is -0.433. The SMILES string of the molecule is CCc1c(N2CCN(C(=O)c3c(OC)[nH]cc(C)c3=O)CC2)c(=O)c2nn(-c3ccnc(OC)c3)nc2n1CC(=O)NC1CC2(CCC2)C1.